The van der Waals surface area contributed by atoms with Gasteiger partial charge in [0.1, 0.15) is 6.26 Å². The fraction of sp³-hybridized carbons (Fsp3) is 0.333. The summed E-state index contributed by atoms with van der Waals surface area (Å²) < 4.78 is 59.1. The molecule has 0 N–H and O–H groups in total. The van der Waals surface area contributed by atoms with Gasteiger partial charge >= 0.3 is 14.4 Å². The molecular formula is C9H10F3O2S2+. The molecule has 16 heavy (non-hydrogen) atoms. The SMILES string of the molecule is Cc1ccc([S+](C)S(=O)(=O)C(F)(F)F)cc1. The van der Waals surface area contributed by atoms with Crippen molar-refractivity contribution in [2.45, 2.75) is 17.3 Å². The second-order valence-corrected chi connectivity index (χ2v) is 8.73. The van der Waals surface area contributed by atoms with Crippen molar-refractivity contribution in [3.63, 3.8) is 0 Å². The monoisotopic (exact) mass is 271 g/mol. The van der Waals surface area contributed by atoms with Crippen molar-refractivity contribution in [1.82, 2.24) is 0 Å². The van der Waals surface area contributed by atoms with E-state index in [4.69, 9.17) is 0 Å². The lowest BCUT2D eigenvalue weighted by atomic mass is 10.2. The normalized spacial score (nSPS) is 14.8. The van der Waals surface area contributed by atoms with Crippen molar-refractivity contribution in [2.24, 2.45) is 0 Å². The molecular weight excluding hydrogens is 261 g/mol. The van der Waals surface area contributed by atoms with Crippen LogP contribution in [0.1, 0.15) is 5.56 Å². The van der Waals surface area contributed by atoms with E-state index in [1.54, 1.807) is 19.1 Å². The largest absolute Gasteiger partial charge is 0.544 e. The summed E-state index contributed by atoms with van der Waals surface area (Å²) in [6.07, 6.45) is 1.06. The first-order chi connectivity index (χ1) is 7.16. The minimum Gasteiger partial charge on any atom is -0.167 e. The molecule has 0 saturated carbocycles. The molecule has 0 heterocycles. The summed E-state index contributed by atoms with van der Waals surface area (Å²) in [6, 6.07) is 5.99. The van der Waals surface area contributed by atoms with Crippen LogP contribution in [0.15, 0.2) is 29.2 Å². The van der Waals surface area contributed by atoms with Gasteiger partial charge in [-0.25, -0.2) is 0 Å². The Morgan fingerprint density at radius 1 is 1.12 bits per heavy atom. The Morgan fingerprint density at radius 2 is 1.56 bits per heavy atom. The van der Waals surface area contributed by atoms with Gasteiger partial charge in [0.15, 0.2) is 14.8 Å². The zero-order valence-corrected chi connectivity index (χ0v) is 10.2. The summed E-state index contributed by atoms with van der Waals surface area (Å²) in [5, 5.41) is 0. The van der Waals surface area contributed by atoms with E-state index in [9.17, 15) is 21.6 Å². The number of benzene rings is 1. The summed E-state index contributed by atoms with van der Waals surface area (Å²) in [5.74, 6) is 0. The Morgan fingerprint density at radius 3 is 1.94 bits per heavy atom. The summed E-state index contributed by atoms with van der Waals surface area (Å²) >= 11 is 0. The second kappa shape index (κ2) is 4.29. The Kier molecular flexibility index (Phi) is 3.59. The maximum absolute atomic E-state index is 12.3. The minimum atomic E-state index is -5.20. The fourth-order valence-electron chi connectivity index (χ4n) is 0.998. The molecule has 0 aliphatic carbocycles. The number of alkyl halides is 3. The highest BCUT2D eigenvalue weighted by Crippen LogP contribution is 2.32. The molecule has 1 unspecified atom stereocenters. The van der Waals surface area contributed by atoms with Gasteiger partial charge in [0.25, 0.3) is 0 Å². The molecule has 1 rings (SSSR count). The lowest BCUT2D eigenvalue weighted by molar-refractivity contribution is -0.0411. The first kappa shape index (κ1) is 13.4. The molecule has 0 aromatic heterocycles. The number of halogens is 3. The lowest BCUT2D eigenvalue weighted by Crippen LogP contribution is -2.30. The highest BCUT2D eigenvalue weighted by molar-refractivity contribution is 8.69. The first-order valence-electron chi connectivity index (χ1n) is 4.20. The van der Waals surface area contributed by atoms with E-state index in [2.05, 4.69) is 0 Å². The molecule has 0 aliphatic rings. The number of aryl methyl sites for hydroxylation is 1. The molecule has 2 nitrogen and oxygen atoms in total. The van der Waals surface area contributed by atoms with E-state index in [-0.39, 0.29) is 4.90 Å². The number of hydrogen-bond acceptors (Lipinski definition) is 2. The van der Waals surface area contributed by atoms with E-state index < -0.39 is 24.3 Å². The van der Waals surface area contributed by atoms with Crippen LogP contribution in [0, 0.1) is 6.92 Å². The summed E-state index contributed by atoms with van der Waals surface area (Å²) in [7, 11) is -6.99. The highest BCUT2D eigenvalue weighted by Gasteiger charge is 2.57. The third-order valence-corrected chi connectivity index (χ3v) is 7.25. The fourth-order valence-corrected chi connectivity index (χ4v) is 4.00. The molecule has 1 aromatic carbocycles. The van der Waals surface area contributed by atoms with Gasteiger partial charge in [-0.05, 0) is 19.1 Å². The average Bonchev–Trinajstić information content (AvgIpc) is 2.16. The predicted molar refractivity (Wildman–Crippen MR) is 57.7 cm³/mol. The van der Waals surface area contributed by atoms with Gasteiger partial charge in [0.2, 0.25) is 0 Å². The molecule has 0 saturated heterocycles. The van der Waals surface area contributed by atoms with Crippen LogP contribution in [0.3, 0.4) is 0 Å². The maximum Gasteiger partial charge on any atom is 0.544 e. The van der Waals surface area contributed by atoms with E-state index in [1.807, 2.05) is 0 Å². The summed E-state index contributed by atoms with van der Waals surface area (Å²) in [5.41, 5.74) is -4.33. The van der Waals surface area contributed by atoms with Crippen LogP contribution in [-0.2, 0) is 18.8 Å². The third-order valence-electron chi connectivity index (χ3n) is 1.97. The van der Waals surface area contributed by atoms with E-state index in [0.717, 1.165) is 11.8 Å². The van der Waals surface area contributed by atoms with Gasteiger partial charge in [-0.2, -0.15) is 21.6 Å². The van der Waals surface area contributed by atoms with E-state index >= 15 is 0 Å². The topological polar surface area (TPSA) is 34.1 Å². The van der Waals surface area contributed by atoms with Gasteiger partial charge in [-0.1, -0.05) is 17.7 Å². The molecule has 1 aromatic rings. The third kappa shape index (κ3) is 2.52. The standard InChI is InChI=1S/C9H10F3O2S2/c1-7-3-5-8(6-4-7)15(2)16(13,14)9(10,11)12/h3-6H,1-2H3/q+1. The Balaban J connectivity index is 3.13. The van der Waals surface area contributed by atoms with Crippen molar-refractivity contribution in [3.8, 4) is 0 Å². The van der Waals surface area contributed by atoms with E-state index in [1.165, 1.54) is 12.1 Å². The Labute approximate surface area is 94.1 Å². The maximum atomic E-state index is 12.3. The van der Waals surface area contributed by atoms with Gasteiger partial charge in [0.05, 0.1) is 0 Å². The van der Waals surface area contributed by atoms with Gasteiger partial charge < -0.3 is 0 Å². The van der Waals surface area contributed by atoms with Crippen LogP contribution in [0.4, 0.5) is 13.2 Å². The molecule has 0 radical (unpaired) electrons. The smallest absolute Gasteiger partial charge is 0.167 e. The van der Waals surface area contributed by atoms with Crippen LogP contribution in [0.5, 0.6) is 0 Å². The van der Waals surface area contributed by atoms with Crippen molar-refractivity contribution in [1.29, 1.82) is 0 Å². The van der Waals surface area contributed by atoms with E-state index in [0.29, 0.717) is 0 Å². The molecule has 90 valence electrons. The predicted octanol–water partition coefficient (Wildman–Crippen LogP) is 2.45. The Bertz CT molecular complexity index is 463. The van der Waals surface area contributed by atoms with Crippen molar-refractivity contribution in [2.75, 3.05) is 6.26 Å². The first-order valence-corrected chi connectivity index (χ1v) is 7.84. The number of rotatable bonds is 2. The molecule has 0 fully saturated rings. The van der Waals surface area contributed by atoms with Crippen LogP contribution >= 0.6 is 0 Å². The Hall–Kier alpha value is -0.690. The minimum absolute atomic E-state index is 0.169. The zero-order valence-electron chi connectivity index (χ0n) is 8.58. The molecule has 1 atom stereocenters. The van der Waals surface area contributed by atoms with Crippen LogP contribution < -0.4 is 0 Å². The zero-order chi connectivity index (χ0) is 12.6. The second-order valence-electron chi connectivity index (χ2n) is 3.17. The van der Waals surface area contributed by atoms with Crippen molar-refractivity contribution in [3.05, 3.63) is 29.8 Å². The highest BCUT2D eigenvalue weighted by atomic mass is 33.2. The molecule has 0 bridgehead atoms. The van der Waals surface area contributed by atoms with Crippen LogP contribution in [-0.4, -0.2) is 20.2 Å². The quantitative estimate of drug-likeness (QED) is 0.611. The average molecular weight is 271 g/mol. The van der Waals surface area contributed by atoms with Crippen molar-refractivity contribution < 1.29 is 21.6 Å². The molecule has 0 aliphatic heterocycles. The van der Waals surface area contributed by atoms with Crippen LogP contribution in [0.25, 0.3) is 0 Å². The van der Waals surface area contributed by atoms with Gasteiger partial charge in [-0.15, -0.1) is 0 Å². The molecule has 0 spiro atoms. The van der Waals surface area contributed by atoms with Crippen LogP contribution in [0.2, 0.25) is 0 Å². The van der Waals surface area contributed by atoms with Crippen molar-refractivity contribution >= 4 is 18.8 Å². The lowest BCUT2D eigenvalue weighted by Gasteiger charge is -2.06. The summed E-state index contributed by atoms with van der Waals surface area (Å²) in [6.45, 7) is 1.77. The van der Waals surface area contributed by atoms with Gasteiger partial charge in [-0.3, -0.25) is 0 Å². The molecule has 0 amide bonds. The molecule has 7 heteroatoms. The van der Waals surface area contributed by atoms with Gasteiger partial charge in [0, 0.05) is 0 Å². The number of hydrogen-bond donors (Lipinski definition) is 0. The summed E-state index contributed by atoms with van der Waals surface area (Å²) in [4.78, 5) is 0.169.